The summed E-state index contributed by atoms with van der Waals surface area (Å²) in [5.41, 5.74) is 1.23. The van der Waals surface area contributed by atoms with Crippen LogP contribution < -0.4 is 0 Å². The Morgan fingerprint density at radius 2 is 1.66 bits per heavy atom. The third-order valence-electron chi connectivity index (χ3n) is 6.91. The van der Waals surface area contributed by atoms with Crippen LogP contribution in [0.25, 0.3) is 0 Å². The predicted molar refractivity (Wildman–Crippen MR) is 125 cm³/mol. The lowest BCUT2D eigenvalue weighted by atomic mass is 9.82. The molecule has 2 saturated heterocycles. The Labute approximate surface area is 206 Å². The fourth-order valence-electron chi connectivity index (χ4n) is 5.01. The molecule has 2 aliphatic heterocycles. The molecule has 3 aliphatic rings. The van der Waals surface area contributed by atoms with E-state index in [1.54, 1.807) is 0 Å². The predicted octanol–water partition coefficient (Wildman–Crippen LogP) is 2.91. The second-order valence-electron chi connectivity index (χ2n) is 9.79. The average Bonchev–Trinajstić information content (AvgIpc) is 3.34. The van der Waals surface area contributed by atoms with E-state index in [0.717, 1.165) is 11.1 Å². The number of ether oxygens (including phenoxy) is 5. The number of carbonyl (C=O) groups is 3. The molecule has 194 valence electrons. The lowest BCUT2D eigenvalue weighted by molar-refractivity contribution is -0.152. The van der Waals surface area contributed by atoms with Crippen LogP contribution in [0.2, 0.25) is 0 Å². The van der Waals surface area contributed by atoms with Crippen LogP contribution in [-0.2, 0) is 38.1 Å². The highest BCUT2D eigenvalue weighted by atomic mass is 16.7. The molecule has 2 fully saturated rings. The zero-order chi connectivity index (χ0) is 26.1. The highest BCUT2D eigenvalue weighted by Gasteiger charge is 2.66. The molecular formula is C26H36O9. The molecule has 0 spiro atoms. The molecule has 8 unspecified atom stereocenters. The van der Waals surface area contributed by atoms with Crippen LogP contribution >= 0.6 is 0 Å². The molecule has 3 rings (SSSR count). The Kier molecular flexibility index (Phi) is 8.24. The topological polar surface area (TPSA) is 121 Å². The first kappa shape index (κ1) is 27.1. The van der Waals surface area contributed by atoms with E-state index in [4.69, 9.17) is 23.7 Å². The van der Waals surface area contributed by atoms with Gasteiger partial charge in [-0.05, 0) is 31.9 Å². The second-order valence-corrected chi connectivity index (χ2v) is 9.79. The van der Waals surface area contributed by atoms with Crippen LogP contribution in [-0.4, -0.2) is 65.4 Å². The van der Waals surface area contributed by atoms with Crippen LogP contribution in [0, 0.1) is 5.92 Å². The fraction of sp³-hybridized carbons (Fsp3) is 0.654. The number of epoxide rings is 1. The quantitative estimate of drug-likeness (QED) is 0.274. The fourth-order valence-corrected chi connectivity index (χ4v) is 5.01. The third-order valence-corrected chi connectivity index (χ3v) is 6.91. The minimum absolute atomic E-state index is 0.327. The number of fused-ring (bicyclic) bond motifs is 3. The van der Waals surface area contributed by atoms with Crippen molar-refractivity contribution in [3.63, 3.8) is 0 Å². The van der Waals surface area contributed by atoms with Gasteiger partial charge in [-0.25, -0.2) is 0 Å². The van der Waals surface area contributed by atoms with Crippen molar-refractivity contribution in [2.45, 2.75) is 103 Å². The lowest BCUT2D eigenvalue weighted by Gasteiger charge is -2.29. The Hall–Kier alpha value is -2.49. The molecule has 9 heteroatoms. The van der Waals surface area contributed by atoms with E-state index < -0.39 is 66.2 Å². The molecule has 1 aliphatic carbocycles. The largest absolute Gasteiger partial charge is 0.461 e. The van der Waals surface area contributed by atoms with Crippen LogP contribution in [0.3, 0.4) is 0 Å². The number of aliphatic hydroxyl groups excluding tert-OH is 1. The van der Waals surface area contributed by atoms with Crippen LogP contribution in [0.4, 0.5) is 0 Å². The Bertz CT molecular complexity index is 935. The molecule has 8 atom stereocenters. The number of rotatable bonds is 3. The minimum Gasteiger partial charge on any atom is -0.461 e. The summed E-state index contributed by atoms with van der Waals surface area (Å²) in [7, 11) is 0. The van der Waals surface area contributed by atoms with Crippen LogP contribution in [0.15, 0.2) is 35.5 Å². The molecule has 0 aromatic carbocycles. The minimum atomic E-state index is -1.24. The molecule has 0 bridgehead atoms. The highest BCUT2D eigenvalue weighted by molar-refractivity contribution is 5.67. The number of carbonyl (C=O) groups excluding carboxylic acids is 3. The normalized spacial score (nSPS) is 37.6. The molecule has 35 heavy (non-hydrogen) atoms. The van der Waals surface area contributed by atoms with Gasteiger partial charge in [0.15, 0.2) is 6.29 Å². The van der Waals surface area contributed by atoms with E-state index in [1.807, 2.05) is 32.9 Å². The van der Waals surface area contributed by atoms with Gasteiger partial charge in [-0.1, -0.05) is 24.3 Å². The monoisotopic (exact) mass is 492 g/mol. The van der Waals surface area contributed by atoms with Gasteiger partial charge in [0.05, 0.1) is 5.92 Å². The van der Waals surface area contributed by atoms with Gasteiger partial charge in [0, 0.05) is 40.0 Å². The van der Waals surface area contributed by atoms with E-state index in [1.165, 1.54) is 20.8 Å². The van der Waals surface area contributed by atoms with E-state index in [0.29, 0.717) is 24.8 Å². The maximum atomic E-state index is 12.0. The maximum absolute atomic E-state index is 12.0. The maximum Gasteiger partial charge on any atom is 0.303 e. The SMILES string of the molecule is C=C1C(O)OC2C1C(OC(C)=O)CC(C)=CCC(OC(C)=O)C(C)=CCC(OC(C)=O)C1(C)OC21. The molecule has 2 heterocycles. The van der Waals surface area contributed by atoms with Gasteiger partial charge in [-0.3, -0.25) is 14.4 Å². The summed E-state index contributed by atoms with van der Waals surface area (Å²) in [4.78, 5) is 35.6. The van der Waals surface area contributed by atoms with Gasteiger partial charge < -0.3 is 28.8 Å². The summed E-state index contributed by atoms with van der Waals surface area (Å²) >= 11 is 0. The Balaban J connectivity index is 2.05. The van der Waals surface area contributed by atoms with Crippen LogP contribution in [0.1, 0.15) is 60.8 Å². The standard InChI is InChI=1S/C26H36O9/c1-13-8-10-19(31-16(4)27)14(2)9-11-21(33-18(6)29)26(7)24(35-26)23-22(15(3)25(30)34-23)20(12-13)32-17(5)28/h8-9,19-25,30H,3,10-12H2,1-2,4-7H3. The summed E-state index contributed by atoms with van der Waals surface area (Å²) in [5.74, 6) is -1.87. The van der Waals surface area contributed by atoms with Crippen molar-refractivity contribution < 1.29 is 43.2 Å². The Morgan fingerprint density at radius 3 is 2.26 bits per heavy atom. The van der Waals surface area contributed by atoms with E-state index in [9.17, 15) is 19.5 Å². The van der Waals surface area contributed by atoms with Crippen molar-refractivity contribution >= 4 is 17.9 Å². The van der Waals surface area contributed by atoms with Gasteiger partial charge in [0.1, 0.15) is 36.1 Å². The molecular weight excluding hydrogens is 456 g/mol. The van der Waals surface area contributed by atoms with Gasteiger partial charge in [0.25, 0.3) is 0 Å². The van der Waals surface area contributed by atoms with Gasteiger partial charge >= 0.3 is 17.9 Å². The van der Waals surface area contributed by atoms with E-state index in [2.05, 4.69) is 6.58 Å². The smallest absolute Gasteiger partial charge is 0.303 e. The number of aliphatic hydroxyl groups is 1. The molecule has 0 amide bonds. The number of esters is 3. The average molecular weight is 493 g/mol. The van der Waals surface area contributed by atoms with Crippen molar-refractivity contribution in [3.8, 4) is 0 Å². The molecule has 0 saturated carbocycles. The van der Waals surface area contributed by atoms with Crippen molar-refractivity contribution in [1.29, 1.82) is 0 Å². The molecule has 0 radical (unpaired) electrons. The summed E-state index contributed by atoms with van der Waals surface area (Å²) < 4.78 is 28.8. The van der Waals surface area contributed by atoms with Crippen molar-refractivity contribution in [3.05, 3.63) is 35.5 Å². The van der Waals surface area contributed by atoms with Crippen molar-refractivity contribution in [2.75, 3.05) is 0 Å². The highest BCUT2D eigenvalue weighted by Crippen LogP contribution is 2.51. The van der Waals surface area contributed by atoms with E-state index in [-0.39, 0.29) is 0 Å². The van der Waals surface area contributed by atoms with Gasteiger partial charge in [0.2, 0.25) is 0 Å². The molecule has 1 N–H and O–H groups in total. The van der Waals surface area contributed by atoms with Crippen molar-refractivity contribution in [2.24, 2.45) is 5.92 Å². The van der Waals surface area contributed by atoms with Gasteiger partial charge in [-0.2, -0.15) is 0 Å². The summed E-state index contributed by atoms with van der Waals surface area (Å²) in [6.07, 6.45) is 0.706. The molecule has 0 aromatic rings. The first-order valence-electron chi connectivity index (χ1n) is 11.9. The number of hydrogen-bond donors (Lipinski definition) is 1. The van der Waals surface area contributed by atoms with Gasteiger partial charge in [-0.15, -0.1) is 0 Å². The number of hydrogen-bond acceptors (Lipinski definition) is 9. The first-order chi connectivity index (χ1) is 16.3. The van der Waals surface area contributed by atoms with Crippen LogP contribution in [0.5, 0.6) is 0 Å². The summed E-state index contributed by atoms with van der Waals surface area (Å²) in [5, 5.41) is 10.5. The third kappa shape index (κ3) is 6.20. The summed E-state index contributed by atoms with van der Waals surface area (Å²) in [6, 6.07) is 0. The lowest BCUT2D eigenvalue weighted by Crippen LogP contribution is -2.41. The molecule has 9 nitrogen and oxygen atoms in total. The van der Waals surface area contributed by atoms with E-state index >= 15 is 0 Å². The zero-order valence-electron chi connectivity index (χ0n) is 21.2. The second kappa shape index (κ2) is 10.6. The van der Waals surface area contributed by atoms with Crippen molar-refractivity contribution in [1.82, 2.24) is 0 Å². The first-order valence-corrected chi connectivity index (χ1v) is 11.9. The molecule has 0 aromatic heterocycles. The summed E-state index contributed by atoms with van der Waals surface area (Å²) in [6.45, 7) is 13.6. The zero-order valence-corrected chi connectivity index (χ0v) is 21.2. The Morgan fingerprint density at radius 1 is 1.03 bits per heavy atom.